The number of hydrazone groups is 1. The molecule has 32 heavy (non-hydrogen) atoms. The molecule has 0 amide bonds. The number of morpholine rings is 1. The van der Waals surface area contributed by atoms with Crippen molar-refractivity contribution in [2.75, 3.05) is 57.4 Å². The fraction of sp³-hybridized carbons (Fsp3) is 0.385. The van der Waals surface area contributed by atoms with Crippen LogP contribution >= 0.6 is 0 Å². The molecule has 1 aromatic heterocycles. The smallest absolute Gasteiger partial charge is 0.128 e. The second-order valence-corrected chi connectivity index (χ2v) is 8.43. The summed E-state index contributed by atoms with van der Waals surface area (Å²) in [5.74, 6) is 1.06. The van der Waals surface area contributed by atoms with Crippen molar-refractivity contribution in [2.24, 2.45) is 5.10 Å². The summed E-state index contributed by atoms with van der Waals surface area (Å²) in [5.41, 5.74) is 5.39. The first-order chi connectivity index (χ1) is 15.9. The molecule has 2 aromatic rings. The summed E-state index contributed by atoms with van der Waals surface area (Å²) in [6, 6.07) is 16.7. The fourth-order valence-corrected chi connectivity index (χ4v) is 4.65. The van der Waals surface area contributed by atoms with Crippen molar-refractivity contribution < 1.29 is 4.74 Å². The molecular weight excluding hydrogens is 398 g/mol. The Labute approximate surface area is 190 Å². The van der Waals surface area contributed by atoms with Crippen molar-refractivity contribution in [1.29, 1.82) is 0 Å². The zero-order valence-corrected chi connectivity index (χ0v) is 18.6. The van der Waals surface area contributed by atoms with Gasteiger partial charge in [-0.2, -0.15) is 5.10 Å². The maximum atomic E-state index is 5.61. The topological polar surface area (TPSA) is 44.2 Å². The van der Waals surface area contributed by atoms with Gasteiger partial charge in [-0.25, -0.2) is 4.98 Å². The average molecular weight is 430 g/mol. The molecule has 0 atom stereocenters. The molecule has 0 radical (unpaired) electrons. The number of piperazine rings is 1. The largest absolute Gasteiger partial charge is 0.378 e. The van der Waals surface area contributed by atoms with E-state index < -0.39 is 0 Å². The van der Waals surface area contributed by atoms with Gasteiger partial charge in [0.15, 0.2) is 0 Å². The van der Waals surface area contributed by atoms with Gasteiger partial charge in [-0.3, -0.25) is 5.01 Å². The van der Waals surface area contributed by atoms with Gasteiger partial charge in [-0.05, 0) is 47.8 Å². The molecular formula is C26H31N5O. The number of pyridine rings is 1. The van der Waals surface area contributed by atoms with Crippen molar-refractivity contribution in [2.45, 2.75) is 12.8 Å². The highest BCUT2D eigenvalue weighted by molar-refractivity contribution is 5.83. The third kappa shape index (κ3) is 4.86. The standard InChI is InChI=1S/C26H31N5O/c1-2-6-22(7-3-1)20-23-9-10-24(26(23)30-16-18-32-19-17-30)21-28-31-14-12-29(13-15-31)25-8-4-5-11-27-25/h1-8,11,20-21H,9-10,12-19H2. The Bertz CT molecular complexity index is 972. The molecule has 1 aromatic carbocycles. The highest BCUT2D eigenvalue weighted by Gasteiger charge is 2.26. The Hall–Kier alpha value is -3.12. The first kappa shape index (κ1) is 20.8. The lowest BCUT2D eigenvalue weighted by Crippen LogP contribution is -2.44. The summed E-state index contributed by atoms with van der Waals surface area (Å²) in [7, 11) is 0. The summed E-state index contributed by atoms with van der Waals surface area (Å²) in [5, 5.41) is 7.09. The summed E-state index contributed by atoms with van der Waals surface area (Å²) in [6.45, 7) is 7.21. The van der Waals surface area contributed by atoms with E-state index in [1.165, 1.54) is 22.4 Å². The number of aromatic nitrogens is 1. The van der Waals surface area contributed by atoms with Crippen LogP contribution in [0.2, 0.25) is 0 Å². The number of benzene rings is 1. The zero-order chi connectivity index (χ0) is 21.6. The van der Waals surface area contributed by atoms with Crippen LogP contribution in [0.5, 0.6) is 0 Å². The SMILES string of the molecule is C(=NN1CCN(c2ccccn2)CC1)C1=C(N2CCOCC2)C(=Cc2ccccc2)CC1. The van der Waals surface area contributed by atoms with Crippen LogP contribution < -0.4 is 4.90 Å². The van der Waals surface area contributed by atoms with E-state index in [0.29, 0.717) is 0 Å². The van der Waals surface area contributed by atoms with Crippen LogP contribution in [0.3, 0.4) is 0 Å². The molecule has 0 spiro atoms. The Kier molecular flexibility index (Phi) is 6.49. The second kappa shape index (κ2) is 10.0. The van der Waals surface area contributed by atoms with Gasteiger partial charge < -0.3 is 14.5 Å². The first-order valence-electron chi connectivity index (χ1n) is 11.6. The molecule has 3 aliphatic rings. The van der Waals surface area contributed by atoms with Crippen LogP contribution in [0.1, 0.15) is 18.4 Å². The van der Waals surface area contributed by atoms with Gasteiger partial charge in [0.05, 0.1) is 32.5 Å². The molecule has 0 unspecified atom stereocenters. The molecule has 3 heterocycles. The van der Waals surface area contributed by atoms with Crippen molar-refractivity contribution in [1.82, 2.24) is 14.9 Å². The number of nitrogens with zero attached hydrogens (tertiary/aromatic N) is 5. The van der Waals surface area contributed by atoms with E-state index >= 15 is 0 Å². The lowest BCUT2D eigenvalue weighted by atomic mass is 10.1. The number of ether oxygens (including phenoxy) is 1. The van der Waals surface area contributed by atoms with E-state index in [1.54, 1.807) is 0 Å². The van der Waals surface area contributed by atoms with E-state index in [4.69, 9.17) is 9.84 Å². The van der Waals surface area contributed by atoms with Gasteiger partial charge in [0, 0.05) is 38.1 Å². The second-order valence-electron chi connectivity index (χ2n) is 8.43. The Morgan fingerprint density at radius 1 is 0.812 bits per heavy atom. The van der Waals surface area contributed by atoms with E-state index in [1.807, 2.05) is 18.3 Å². The minimum absolute atomic E-state index is 0.794. The van der Waals surface area contributed by atoms with Crippen LogP contribution in [0.15, 0.2) is 76.7 Å². The summed E-state index contributed by atoms with van der Waals surface area (Å²) >= 11 is 0. The number of hydrogen-bond acceptors (Lipinski definition) is 6. The maximum Gasteiger partial charge on any atom is 0.128 e. The maximum absolute atomic E-state index is 5.61. The van der Waals surface area contributed by atoms with Crippen LogP contribution in [-0.2, 0) is 4.74 Å². The third-order valence-corrected chi connectivity index (χ3v) is 6.35. The predicted molar refractivity (Wildman–Crippen MR) is 130 cm³/mol. The molecule has 6 nitrogen and oxygen atoms in total. The van der Waals surface area contributed by atoms with Crippen molar-refractivity contribution in [3.05, 3.63) is 77.1 Å². The lowest BCUT2D eigenvalue weighted by Gasteiger charge is -2.34. The molecule has 0 bridgehead atoms. The molecule has 166 valence electrons. The highest BCUT2D eigenvalue weighted by Crippen LogP contribution is 2.35. The Balaban J connectivity index is 1.31. The average Bonchev–Trinajstić information content (AvgIpc) is 3.27. The van der Waals surface area contributed by atoms with Crippen molar-refractivity contribution in [3.63, 3.8) is 0 Å². The van der Waals surface area contributed by atoms with E-state index in [9.17, 15) is 0 Å². The van der Waals surface area contributed by atoms with Gasteiger partial charge >= 0.3 is 0 Å². The number of hydrogen-bond donors (Lipinski definition) is 0. The van der Waals surface area contributed by atoms with Crippen LogP contribution in [0.25, 0.3) is 6.08 Å². The number of rotatable bonds is 5. The summed E-state index contributed by atoms with van der Waals surface area (Å²) in [6.07, 6.45) is 8.43. The molecule has 1 aliphatic carbocycles. The van der Waals surface area contributed by atoms with Gasteiger partial charge in [0.25, 0.3) is 0 Å². The first-order valence-corrected chi connectivity index (χ1v) is 11.6. The summed E-state index contributed by atoms with van der Waals surface area (Å²) < 4.78 is 5.61. The monoisotopic (exact) mass is 429 g/mol. The molecule has 6 heteroatoms. The van der Waals surface area contributed by atoms with Gasteiger partial charge in [-0.15, -0.1) is 0 Å². The highest BCUT2D eigenvalue weighted by atomic mass is 16.5. The van der Waals surface area contributed by atoms with Crippen LogP contribution in [0, 0.1) is 0 Å². The van der Waals surface area contributed by atoms with E-state index in [-0.39, 0.29) is 0 Å². The minimum atomic E-state index is 0.794. The van der Waals surface area contributed by atoms with E-state index in [0.717, 1.165) is 71.1 Å². The Morgan fingerprint density at radius 3 is 2.34 bits per heavy atom. The van der Waals surface area contributed by atoms with Gasteiger partial charge in [0.1, 0.15) is 5.82 Å². The van der Waals surface area contributed by atoms with Gasteiger partial charge in [-0.1, -0.05) is 36.4 Å². The van der Waals surface area contributed by atoms with Gasteiger partial charge in [0.2, 0.25) is 0 Å². The molecule has 5 rings (SSSR count). The number of anilines is 1. The lowest BCUT2D eigenvalue weighted by molar-refractivity contribution is 0.0548. The van der Waals surface area contributed by atoms with E-state index in [2.05, 4.69) is 68.5 Å². The predicted octanol–water partition coefficient (Wildman–Crippen LogP) is 3.65. The zero-order valence-electron chi connectivity index (χ0n) is 18.6. The van der Waals surface area contributed by atoms with Crippen molar-refractivity contribution >= 4 is 18.1 Å². The fourth-order valence-electron chi connectivity index (χ4n) is 4.65. The van der Waals surface area contributed by atoms with Crippen molar-refractivity contribution in [3.8, 4) is 0 Å². The molecule has 2 fully saturated rings. The molecule has 0 N–H and O–H groups in total. The Morgan fingerprint density at radius 2 is 1.59 bits per heavy atom. The molecule has 2 aliphatic heterocycles. The normalized spacial score (nSPS) is 21.2. The molecule has 2 saturated heterocycles. The van der Waals surface area contributed by atoms with Crippen LogP contribution in [0.4, 0.5) is 5.82 Å². The van der Waals surface area contributed by atoms with Crippen LogP contribution in [-0.4, -0.2) is 73.6 Å². The summed E-state index contributed by atoms with van der Waals surface area (Å²) in [4.78, 5) is 9.31. The number of allylic oxidation sites excluding steroid dienone is 2. The molecule has 0 saturated carbocycles. The third-order valence-electron chi connectivity index (χ3n) is 6.35. The quantitative estimate of drug-likeness (QED) is 0.679. The minimum Gasteiger partial charge on any atom is -0.378 e.